The average Bonchev–Trinajstić information content (AvgIpc) is 3.81. The topological polar surface area (TPSA) is 240 Å². The molecule has 0 spiro atoms. The second-order valence-electron chi connectivity index (χ2n) is 12.1. The number of halogens is 1. The summed E-state index contributed by atoms with van der Waals surface area (Å²) >= 11 is 11.5. The number of aromatic amines is 3. The van der Waals surface area contributed by atoms with Gasteiger partial charge in [0.1, 0.15) is 50.6 Å². The van der Waals surface area contributed by atoms with Crippen LogP contribution in [0.5, 0.6) is 11.5 Å². The number of amides is 2. The Hall–Kier alpha value is -6.04. The van der Waals surface area contributed by atoms with E-state index in [9.17, 15) is 26.4 Å². The van der Waals surface area contributed by atoms with Gasteiger partial charge in [0.05, 0.1) is 31.0 Å². The molecule has 6 aromatic rings. The Morgan fingerprint density at radius 3 is 1.81 bits per heavy atom. The van der Waals surface area contributed by atoms with E-state index in [0.717, 1.165) is 29.1 Å². The van der Waals surface area contributed by atoms with Crippen LogP contribution in [0.3, 0.4) is 0 Å². The van der Waals surface area contributed by atoms with E-state index in [1.807, 2.05) is 6.92 Å². The first-order valence-corrected chi connectivity index (χ1v) is 22.3. The number of pyridine rings is 2. The number of hydrogen-bond donors (Lipinski definition) is 5. The van der Waals surface area contributed by atoms with E-state index in [0.29, 0.717) is 49.5 Å². The number of methoxy groups -OCH3 is 2. The Kier molecular flexibility index (Phi) is 15.2. The molecule has 2 amide bonds. The maximum absolute atomic E-state index is 12.3. The lowest BCUT2D eigenvalue weighted by Crippen LogP contribution is -2.14. The minimum absolute atomic E-state index is 0.00123. The van der Waals surface area contributed by atoms with Crippen LogP contribution < -0.4 is 20.1 Å². The quantitative estimate of drug-likeness (QED) is 0.0416. The molecule has 5 N–H and O–H groups in total. The number of H-pyrrole nitrogens is 3. The number of sulfone groups is 2. The predicted octanol–water partition coefficient (Wildman–Crippen LogP) is 6.72. The van der Waals surface area contributed by atoms with Crippen LogP contribution in [0, 0.1) is 31.8 Å². The molecule has 0 radical (unpaired) electrons. The van der Waals surface area contributed by atoms with Gasteiger partial charge in [-0.2, -0.15) is 0 Å². The molecule has 4 heterocycles. The standard InChI is InChI=1S/C18H17N5O4S2.C10H12ClNO4S.C8H6N4S/c1-10-16-12(8-20-17(10)19-2)22-18(23-16)28-9-15(24)21-11-5-6-13(27-3)14(7-11)29(4,25)26;1-16-8-4-3-7(12-10(13)6-11)5-9(8)17(2,14)15;1-4-6-5(11-8(13)12-6)3-10-7(4)9-2/h5-8H,9H2,1,3-4H3,(H,21,24)(H,22,23);3-5H,6H2,1-2H3,(H,12,13);3H,1H3,(H2,11,12,13). The molecule has 0 aliphatic carbocycles. The van der Waals surface area contributed by atoms with Crippen molar-refractivity contribution in [3.8, 4) is 11.5 Å². The third-order valence-corrected chi connectivity index (χ3v) is 11.4. The number of aromatic nitrogens is 6. The van der Waals surface area contributed by atoms with Gasteiger partial charge >= 0.3 is 0 Å². The maximum atomic E-state index is 12.3. The summed E-state index contributed by atoms with van der Waals surface area (Å²) in [7, 11) is -4.17. The van der Waals surface area contributed by atoms with Gasteiger partial charge in [0, 0.05) is 35.0 Å². The fraction of sp³-hybridized carbons (Fsp3) is 0.222. The predicted molar refractivity (Wildman–Crippen MR) is 228 cm³/mol. The molecule has 0 saturated heterocycles. The van der Waals surface area contributed by atoms with Gasteiger partial charge in [-0.3, -0.25) is 9.59 Å². The first-order valence-electron chi connectivity index (χ1n) is 16.6. The van der Waals surface area contributed by atoms with Crippen LogP contribution in [0.2, 0.25) is 0 Å². The van der Waals surface area contributed by atoms with Crippen LogP contribution in [0.15, 0.2) is 63.7 Å². The molecule has 18 nitrogen and oxygen atoms in total. The molecule has 0 bridgehead atoms. The molecule has 0 unspecified atom stereocenters. The van der Waals surface area contributed by atoms with E-state index in [1.165, 1.54) is 62.5 Å². The Bertz CT molecular complexity index is 2940. The largest absolute Gasteiger partial charge is 0.495 e. The Morgan fingerprint density at radius 1 is 0.814 bits per heavy atom. The zero-order valence-corrected chi connectivity index (χ0v) is 36.1. The van der Waals surface area contributed by atoms with Crippen LogP contribution >= 0.6 is 35.6 Å². The number of rotatable bonds is 10. The van der Waals surface area contributed by atoms with Crippen molar-refractivity contribution < 1.29 is 35.9 Å². The summed E-state index contributed by atoms with van der Waals surface area (Å²) in [4.78, 5) is 51.5. The van der Waals surface area contributed by atoms with Crippen molar-refractivity contribution in [3.05, 3.63) is 87.5 Å². The van der Waals surface area contributed by atoms with E-state index < -0.39 is 25.6 Å². The molecule has 4 aromatic heterocycles. The van der Waals surface area contributed by atoms with E-state index in [-0.39, 0.29) is 38.8 Å². The fourth-order valence-electron chi connectivity index (χ4n) is 5.10. The van der Waals surface area contributed by atoms with Crippen LogP contribution in [-0.4, -0.2) is 96.9 Å². The van der Waals surface area contributed by atoms with E-state index in [2.05, 4.69) is 50.2 Å². The van der Waals surface area contributed by atoms with E-state index in [1.54, 1.807) is 19.2 Å². The first kappa shape index (κ1) is 45.7. The highest BCUT2D eigenvalue weighted by molar-refractivity contribution is 7.99. The number of carbonyl (C=O) groups excluding carboxylic acids is 2. The lowest BCUT2D eigenvalue weighted by atomic mass is 10.2. The van der Waals surface area contributed by atoms with Crippen molar-refractivity contribution in [2.75, 3.05) is 49.0 Å². The Balaban J connectivity index is 0.000000216. The van der Waals surface area contributed by atoms with Gasteiger partial charge in [-0.05, 0) is 62.5 Å². The number of imidazole rings is 2. The molecule has 0 aliphatic heterocycles. The summed E-state index contributed by atoms with van der Waals surface area (Å²) < 4.78 is 57.3. The maximum Gasteiger partial charge on any atom is 0.274 e. The number of aryl methyl sites for hydroxylation is 2. The normalized spacial score (nSPS) is 10.9. The number of carbonyl (C=O) groups is 2. The van der Waals surface area contributed by atoms with Crippen molar-refractivity contribution in [2.24, 2.45) is 0 Å². The van der Waals surface area contributed by atoms with Crippen molar-refractivity contribution in [1.82, 2.24) is 29.9 Å². The summed E-state index contributed by atoms with van der Waals surface area (Å²) in [5.41, 5.74) is 5.25. The molecule has 0 atom stereocenters. The Morgan fingerprint density at radius 2 is 1.32 bits per heavy atom. The molecular weight excluding hydrogens is 864 g/mol. The van der Waals surface area contributed by atoms with Crippen LogP contribution in [0.4, 0.5) is 23.0 Å². The number of anilines is 2. The lowest BCUT2D eigenvalue weighted by Gasteiger charge is -2.10. The number of fused-ring (bicyclic) bond motifs is 2. The number of benzene rings is 2. The van der Waals surface area contributed by atoms with Crippen molar-refractivity contribution in [3.63, 3.8) is 0 Å². The van der Waals surface area contributed by atoms with Gasteiger partial charge in [0.25, 0.3) is 11.6 Å². The van der Waals surface area contributed by atoms with E-state index in [4.69, 9.17) is 46.4 Å². The summed E-state index contributed by atoms with van der Waals surface area (Å²) in [5, 5.41) is 5.65. The number of nitrogens with one attached hydrogen (secondary N) is 5. The lowest BCUT2D eigenvalue weighted by molar-refractivity contribution is -0.114. The van der Waals surface area contributed by atoms with Gasteiger partial charge in [0.2, 0.25) is 11.8 Å². The third-order valence-electron chi connectivity index (χ3n) is 7.87. The number of nitrogens with zero attached hydrogens (tertiary/aromatic N) is 5. The third kappa shape index (κ3) is 11.8. The minimum atomic E-state index is -3.51. The molecule has 59 heavy (non-hydrogen) atoms. The second-order valence-corrected chi connectivity index (χ2v) is 17.7. The fourth-order valence-corrected chi connectivity index (χ4v) is 7.78. The van der Waals surface area contributed by atoms with Gasteiger partial charge in [-0.1, -0.05) is 24.9 Å². The summed E-state index contributed by atoms with van der Waals surface area (Å²) in [5.74, 6) is 0.286. The number of alkyl halides is 1. The van der Waals surface area contributed by atoms with Crippen LogP contribution in [0.25, 0.3) is 31.8 Å². The van der Waals surface area contributed by atoms with Crippen molar-refractivity contribution in [1.29, 1.82) is 0 Å². The molecule has 0 fully saturated rings. The number of ether oxygens (including phenoxy) is 2. The van der Waals surface area contributed by atoms with Crippen LogP contribution in [-0.2, 0) is 29.3 Å². The second kappa shape index (κ2) is 19.6. The van der Waals surface area contributed by atoms with Crippen molar-refractivity contribution >= 4 is 112 Å². The highest BCUT2D eigenvalue weighted by Crippen LogP contribution is 2.30. The number of thioether (sulfide) groups is 1. The molecule has 6 rings (SSSR count). The summed E-state index contributed by atoms with van der Waals surface area (Å²) in [6, 6.07) is 8.76. The summed E-state index contributed by atoms with van der Waals surface area (Å²) in [6.07, 6.45) is 5.29. The molecule has 0 aliphatic rings. The Labute approximate surface area is 353 Å². The smallest absolute Gasteiger partial charge is 0.274 e. The molecular formula is C36H35ClN10O8S4. The minimum Gasteiger partial charge on any atom is -0.495 e. The van der Waals surface area contributed by atoms with Crippen LogP contribution in [0.1, 0.15) is 11.1 Å². The van der Waals surface area contributed by atoms with Gasteiger partial charge in [-0.25, -0.2) is 21.8 Å². The molecule has 308 valence electrons. The SMILES string of the molecule is COc1ccc(NC(=O)CCl)cc1S(C)(=O)=O.[C-]#[N+]c1ncc2[nH]c(=S)[nH]c2c1C.[C-]#[N+]c1ncc2[nH]c(SCC(=O)Nc3ccc(OC)c(S(C)(=O)=O)c3)nc2c1C. The monoisotopic (exact) mass is 898 g/mol. The molecule has 2 aromatic carbocycles. The van der Waals surface area contributed by atoms with Gasteiger partial charge in [0.15, 0.2) is 29.6 Å². The average molecular weight is 899 g/mol. The van der Waals surface area contributed by atoms with Gasteiger partial charge < -0.3 is 44.7 Å². The highest BCUT2D eigenvalue weighted by atomic mass is 35.5. The van der Waals surface area contributed by atoms with Gasteiger partial charge in [-0.15, -0.1) is 21.6 Å². The highest BCUT2D eigenvalue weighted by Gasteiger charge is 2.18. The summed E-state index contributed by atoms with van der Waals surface area (Å²) in [6.45, 7) is 17.6. The molecule has 23 heteroatoms. The van der Waals surface area contributed by atoms with Crippen molar-refractivity contribution in [2.45, 2.75) is 28.8 Å². The first-order chi connectivity index (χ1) is 27.8. The molecule has 0 saturated carbocycles. The zero-order chi connectivity index (χ0) is 43.7. The number of hydrogen-bond acceptors (Lipinski definition) is 13. The van der Waals surface area contributed by atoms with E-state index >= 15 is 0 Å². The zero-order valence-electron chi connectivity index (χ0n) is 32.0.